The van der Waals surface area contributed by atoms with Crippen molar-refractivity contribution in [1.29, 1.82) is 0 Å². The van der Waals surface area contributed by atoms with Crippen LogP contribution in [0, 0.1) is 5.92 Å². The van der Waals surface area contributed by atoms with Gasteiger partial charge in [0.15, 0.2) is 0 Å². The molecule has 7 heteroatoms. The molecule has 0 bridgehead atoms. The van der Waals surface area contributed by atoms with E-state index in [1.54, 1.807) is 12.1 Å². The minimum atomic E-state index is -3.57. The Kier molecular flexibility index (Phi) is 6.74. The van der Waals surface area contributed by atoms with Gasteiger partial charge in [0.05, 0.1) is 4.90 Å². The Hall–Kier alpha value is -2.22. The standard InChI is InChI=1S/C24H31N3O3S/c1-18-11-13-27(14-12-18)17-20-7-5-19(6-8-20)16-25-24(28)21-3-2-4-23(15-21)31(29,30)26-22-9-10-22/h2-8,15,18,22,26H,9-14,16-17H2,1H3,(H,25,28). The number of nitrogens with zero attached hydrogens (tertiary/aromatic N) is 1. The van der Waals surface area contributed by atoms with E-state index < -0.39 is 10.0 Å². The van der Waals surface area contributed by atoms with E-state index >= 15 is 0 Å². The summed E-state index contributed by atoms with van der Waals surface area (Å²) in [5.41, 5.74) is 2.64. The number of likely N-dealkylation sites (tertiary alicyclic amines) is 1. The Labute approximate surface area is 185 Å². The topological polar surface area (TPSA) is 78.5 Å². The summed E-state index contributed by atoms with van der Waals surface area (Å²) in [6.45, 7) is 6.00. The molecule has 1 aliphatic carbocycles. The van der Waals surface area contributed by atoms with Gasteiger partial charge in [0.25, 0.3) is 5.91 Å². The Morgan fingerprint density at radius 3 is 2.35 bits per heavy atom. The first-order chi connectivity index (χ1) is 14.9. The van der Waals surface area contributed by atoms with Crippen LogP contribution in [0.15, 0.2) is 53.4 Å². The maximum atomic E-state index is 12.6. The highest BCUT2D eigenvalue weighted by molar-refractivity contribution is 7.89. The highest BCUT2D eigenvalue weighted by atomic mass is 32.2. The molecular formula is C24H31N3O3S. The summed E-state index contributed by atoms with van der Waals surface area (Å²) in [4.78, 5) is 15.2. The molecular weight excluding hydrogens is 410 g/mol. The van der Waals surface area contributed by atoms with E-state index in [9.17, 15) is 13.2 Å². The van der Waals surface area contributed by atoms with Gasteiger partial charge in [-0.15, -0.1) is 0 Å². The molecule has 1 aliphatic heterocycles. The van der Waals surface area contributed by atoms with Gasteiger partial charge < -0.3 is 5.32 Å². The Bertz CT molecular complexity index is 1010. The number of sulfonamides is 1. The van der Waals surface area contributed by atoms with Crippen LogP contribution in [0.2, 0.25) is 0 Å². The van der Waals surface area contributed by atoms with Gasteiger partial charge in [-0.2, -0.15) is 0 Å². The molecule has 6 nitrogen and oxygen atoms in total. The van der Waals surface area contributed by atoms with E-state index in [4.69, 9.17) is 0 Å². The predicted molar refractivity (Wildman–Crippen MR) is 121 cm³/mol. The van der Waals surface area contributed by atoms with Gasteiger partial charge in [-0.25, -0.2) is 13.1 Å². The number of nitrogens with one attached hydrogen (secondary N) is 2. The third-order valence-corrected chi connectivity index (χ3v) is 7.58. The lowest BCUT2D eigenvalue weighted by atomic mass is 9.99. The normalized spacial score (nSPS) is 18.1. The lowest BCUT2D eigenvalue weighted by molar-refractivity contribution is 0.0950. The van der Waals surface area contributed by atoms with E-state index in [2.05, 4.69) is 34.0 Å². The summed E-state index contributed by atoms with van der Waals surface area (Å²) in [5.74, 6) is 0.549. The largest absolute Gasteiger partial charge is 0.348 e. The van der Waals surface area contributed by atoms with Gasteiger partial charge >= 0.3 is 0 Å². The molecule has 1 saturated carbocycles. The van der Waals surface area contributed by atoms with Gasteiger partial charge in [0.1, 0.15) is 0 Å². The van der Waals surface area contributed by atoms with Crippen LogP contribution in [0.3, 0.4) is 0 Å². The molecule has 2 aromatic rings. The van der Waals surface area contributed by atoms with Gasteiger partial charge in [-0.1, -0.05) is 37.3 Å². The summed E-state index contributed by atoms with van der Waals surface area (Å²) in [5, 5.41) is 2.89. The Morgan fingerprint density at radius 2 is 1.68 bits per heavy atom. The number of carbonyl (C=O) groups excluding carboxylic acids is 1. The zero-order valence-corrected chi connectivity index (χ0v) is 18.8. The molecule has 0 unspecified atom stereocenters. The van der Waals surface area contributed by atoms with Crippen molar-refractivity contribution in [3.05, 3.63) is 65.2 Å². The van der Waals surface area contributed by atoms with Crippen molar-refractivity contribution in [3.8, 4) is 0 Å². The molecule has 0 aromatic heterocycles. The van der Waals surface area contributed by atoms with E-state index in [0.717, 1.165) is 44.0 Å². The maximum absolute atomic E-state index is 12.6. The van der Waals surface area contributed by atoms with Crippen LogP contribution in [-0.2, 0) is 23.1 Å². The number of benzene rings is 2. The van der Waals surface area contributed by atoms with Crippen molar-refractivity contribution in [2.24, 2.45) is 5.92 Å². The minimum absolute atomic E-state index is 0.0314. The minimum Gasteiger partial charge on any atom is -0.348 e. The molecule has 31 heavy (non-hydrogen) atoms. The summed E-state index contributed by atoms with van der Waals surface area (Å²) >= 11 is 0. The van der Waals surface area contributed by atoms with E-state index in [-0.39, 0.29) is 16.8 Å². The van der Waals surface area contributed by atoms with Crippen LogP contribution in [0.4, 0.5) is 0 Å². The summed E-state index contributed by atoms with van der Waals surface area (Å²) < 4.78 is 27.4. The molecule has 1 amide bonds. The number of rotatable bonds is 8. The smallest absolute Gasteiger partial charge is 0.251 e. The molecule has 1 saturated heterocycles. The maximum Gasteiger partial charge on any atom is 0.251 e. The molecule has 2 fully saturated rings. The van der Waals surface area contributed by atoms with Gasteiger partial charge in [0, 0.05) is 24.7 Å². The number of piperidine rings is 1. The molecule has 0 atom stereocenters. The predicted octanol–water partition coefficient (Wildman–Crippen LogP) is 3.29. The average molecular weight is 442 g/mol. The SMILES string of the molecule is CC1CCN(Cc2ccc(CNC(=O)c3cccc(S(=O)(=O)NC4CC4)c3)cc2)CC1. The zero-order chi connectivity index (χ0) is 21.8. The highest BCUT2D eigenvalue weighted by Gasteiger charge is 2.28. The molecule has 4 rings (SSSR count). The van der Waals surface area contributed by atoms with Gasteiger partial charge in [-0.05, 0) is 74.0 Å². The fraction of sp³-hybridized carbons (Fsp3) is 0.458. The number of carbonyl (C=O) groups is 1. The van der Waals surface area contributed by atoms with Crippen molar-refractivity contribution < 1.29 is 13.2 Å². The van der Waals surface area contributed by atoms with Crippen molar-refractivity contribution in [3.63, 3.8) is 0 Å². The summed E-state index contributed by atoms with van der Waals surface area (Å²) in [7, 11) is -3.57. The van der Waals surface area contributed by atoms with Crippen LogP contribution < -0.4 is 10.0 Å². The fourth-order valence-electron chi connectivity index (χ4n) is 3.82. The van der Waals surface area contributed by atoms with Crippen molar-refractivity contribution >= 4 is 15.9 Å². The second kappa shape index (κ2) is 9.51. The first-order valence-electron chi connectivity index (χ1n) is 11.1. The van der Waals surface area contributed by atoms with E-state index in [1.807, 2.05) is 12.1 Å². The number of hydrogen-bond acceptors (Lipinski definition) is 4. The third kappa shape index (κ3) is 6.15. The van der Waals surface area contributed by atoms with Crippen LogP contribution in [-0.4, -0.2) is 38.4 Å². The molecule has 1 heterocycles. The summed E-state index contributed by atoms with van der Waals surface area (Å²) in [6, 6.07) is 14.5. The molecule has 2 aliphatic rings. The monoisotopic (exact) mass is 441 g/mol. The van der Waals surface area contributed by atoms with Crippen molar-refractivity contribution in [1.82, 2.24) is 14.9 Å². The van der Waals surface area contributed by atoms with Gasteiger partial charge in [-0.3, -0.25) is 9.69 Å². The third-order valence-electron chi connectivity index (χ3n) is 6.06. The lowest BCUT2D eigenvalue weighted by Crippen LogP contribution is -2.32. The van der Waals surface area contributed by atoms with Crippen LogP contribution >= 0.6 is 0 Å². The van der Waals surface area contributed by atoms with Crippen LogP contribution in [0.25, 0.3) is 0 Å². The second-order valence-corrected chi connectivity index (χ2v) is 10.6. The molecule has 166 valence electrons. The Morgan fingerprint density at radius 1 is 1.00 bits per heavy atom. The first-order valence-corrected chi connectivity index (χ1v) is 12.6. The number of amides is 1. The number of hydrogen-bond donors (Lipinski definition) is 2. The quantitative estimate of drug-likeness (QED) is 0.659. The molecule has 2 N–H and O–H groups in total. The average Bonchev–Trinajstić information content (AvgIpc) is 3.58. The molecule has 2 aromatic carbocycles. The van der Waals surface area contributed by atoms with Crippen LogP contribution in [0.5, 0.6) is 0 Å². The Balaban J connectivity index is 1.31. The zero-order valence-electron chi connectivity index (χ0n) is 18.0. The lowest BCUT2D eigenvalue weighted by Gasteiger charge is -2.30. The molecule has 0 spiro atoms. The van der Waals surface area contributed by atoms with Crippen molar-refractivity contribution in [2.45, 2.75) is 56.6 Å². The van der Waals surface area contributed by atoms with Gasteiger partial charge in [0.2, 0.25) is 10.0 Å². The van der Waals surface area contributed by atoms with Crippen molar-refractivity contribution in [2.75, 3.05) is 13.1 Å². The first kappa shape index (κ1) is 22.0. The van der Waals surface area contributed by atoms with Crippen LogP contribution in [0.1, 0.15) is 54.1 Å². The van der Waals surface area contributed by atoms with E-state index in [1.165, 1.54) is 30.5 Å². The second-order valence-electron chi connectivity index (χ2n) is 8.88. The fourth-order valence-corrected chi connectivity index (χ4v) is 5.17. The van der Waals surface area contributed by atoms with E-state index in [0.29, 0.717) is 12.1 Å². The summed E-state index contributed by atoms with van der Waals surface area (Å²) in [6.07, 6.45) is 4.28. The highest BCUT2D eigenvalue weighted by Crippen LogP contribution is 2.22. The molecule has 0 radical (unpaired) electrons.